The van der Waals surface area contributed by atoms with E-state index in [0.717, 1.165) is 13.0 Å². The van der Waals surface area contributed by atoms with Gasteiger partial charge in [0.25, 0.3) is 0 Å². The number of alkyl halides is 3. The summed E-state index contributed by atoms with van der Waals surface area (Å²) in [6.45, 7) is 8.24. The van der Waals surface area contributed by atoms with Crippen molar-refractivity contribution in [3.63, 3.8) is 0 Å². The molecule has 2 fully saturated rings. The highest BCUT2D eigenvalue weighted by atomic mass is 19.4. The van der Waals surface area contributed by atoms with E-state index in [2.05, 4.69) is 26.1 Å². The van der Waals surface area contributed by atoms with Crippen molar-refractivity contribution in [2.24, 2.45) is 5.92 Å². The van der Waals surface area contributed by atoms with Crippen LogP contribution in [0.3, 0.4) is 0 Å². The minimum Gasteiger partial charge on any atom is -0.312 e. The summed E-state index contributed by atoms with van der Waals surface area (Å²) in [5, 5.41) is 3.39. The van der Waals surface area contributed by atoms with E-state index in [1.165, 1.54) is 0 Å². The standard InChI is InChI=1S/C13H23F3N2/c1-11(2,3)17-8-10-4-7-18(9-10)12(5-6-12)13(14,15)16/h10,17H,4-9H2,1-3H3. The zero-order valence-corrected chi connectivity index (χ0v) is 11.4. The first-order valence-electron chi connectivity index (χ1n) is 6.71. The summed E-state index contributed by atoms with van der Waals surface area (Å²) in [5.41, 5.74) is -1.43. The summed E-state index contributed by atoms with van der Waals surface area (Å²) in [6, 6.07) is 0. The molecule has 2 aliphatic rings. The molecule has 1 saturated heterocycles. The number of nitrogens with zero attached hydrogens (tertiary/aromatic N) is 1. The van der Waals surface area contributed by atoms with Gasteiger partial charge in [-0.15, -0.1) is 0 Å². The first-order chi connectivity index (χ1) is 8.14. The van der Waals surface area contributed by atoms with Gasteiger partial charge in [0.05, 0.1) is 0 Å². The van der Waals surface area contributed by atoms with E-state index in [-0.39, 0.29) is 18.4 Å². The number of nitrogens with one attached hydrogen (secondary N) is 1. The maximum absolute atomic E-state index is 13.0. The summed E-state index contributed by atoms with van der Waals surface area (Å²) in [7, 11) is 0. The normalized spacial score (nSPS) is 28.7. The van der Waals surface area contributed by atoms with E-state index in [1.807, 2.05) is 0 Å². The van der Waals surface area contributed by atoms with Crippen LogP contribution < -0.4 is 5.32 Å². The molecule has 5 heteroatoms. The molecule has 18 heavy (non-hydrogen) atoms. The van der Waals surface area contributed by atoms with E-state index < -0.39 is 11.7 Å². The average Bonchev–Trinajstić information content (AvgIpc) is 2.88. The van der Waals surface area contributed by atoms with E-state index in [9.17, 15) is 13.2 Å². The molecule has 0 aromatic carbocycles. The van der Waals surface area contributed by atoms with Gasteiger partial charge in [0, 0.05) is 12.1 Å². The number of hydrogen-bond acceptors (Lipinski definition) is 2. The van der Waals surface area contributed by atoms with E-state index in [1.54, 1.807) is 4.90 Å². The van der Waals surface area contributed by atoms with Crippen LogP contribution in [0, 0.1) is 5.92 Å². The van der Waals surface area contributed by atoms with Crippen LogP contribution in [0.2, 0.25) is 0 Å². The molecule has 0 spiro atoms. The van der Waals surface area contributed by atoms with Gasteiger partial charge in [-0.2, -0.15) is 13.2 Å². The van der Waals surface area contributed by atoms with Crippen LogP contribution >= 0.6 is 0 Å². The molecule has 0 aromatic rings. The largest absolute Gasteiger partial charge is 0.406 e. The lowest BCUT2D eigenvalue weighted by molar-refractivity contribution is -0.193. The molecule has 2 nitrogen and oxygen atoms in total. The van der Waals surface area contributed by atoms with Gasteiger partial charge in [0.1, 0.15) is 5.54 Å². The third kappa shape index (κ3) is 2.82. The fourth-order valence-electron chi connectivity index (χ4n) is 2.74. The lowest BCUT2D eigenvalue weighted by atomic mass is 10.1. The fourth-order valence-corrected chi connectivity index (χ4v) is 2.74. The van der Waals surface area contributed by atoms with Crippen LogP contribution in [-0.2, 0) is 0 Å². The average molecular weight is 264 g/mol. The Labute approximate surface area is 107 Å². The molecule has 0 radical (unpaired) electrons. The Kier molecular flexibility index (Phi) is 3.43. The van der Waals surface area contributed by atoms with Crippen LogP contribution in [0.1, 0.15) is 40.0 Å². The first-order valence-corrected chi connectivity index (χ1v) is 6.71. The van der Waals surface area contributed by atoms with Gasteiger partial charge in [0.15, 0.2) is 0 Å². The molecule has 1 heterocycles. The molecule has 2 rings (SSSR count). The Hall–Kier alpha value is -0.290. The predicted octanol–water partition coefficient (Wildman–Crippen LogP) is 2.79. The Morgan fingerprint density at radius 3 is 2.28 bits per heavy atom. The summed E-state index contributed by atoms with van der Waals surface area (Å²) in [6.07, 6.45) is -2.61. The minimum atomic E-state index is -4.06. The highest BCUT2D eigenvalue weighted by Gasteiger charge is 2.67. The third-order valence-corrected chi connectivity index (χ3v) is 4.06. The monoisotopic (exact) mass is 264 g/mol. The molecule has 0 aromatic heterocycles. The van der Waals surface area contributed by atoms with Gasteiger partial charge in [-0.1, -0.05) is 0 Å². The molecule has 1 atom stereocenters. The second-order valence-corrected chi connectivity index (χ2v) is 6.76. The summed E-state index contributed by atoms with van der Waals surface area (Å²) >= 11 is 0. The van der Waals surface area contributed by atoms with Crippen molar-refractivity contribution in [1.29, 1.82) is 0 Å². The van der Waals surface area contributed by atoms with Gasteiger partial charge >= 0.3 is 6.18 Å². The van der Waals surface area contributed by atoms with Gasteiger partial charge < -0.3 is 5.32 Å². The first kappa shape index (κ1) is 14.1. The second kappa shape index (κ2) is 4.37. The van der Waals surface area contributed by atoms with Gasteiger partial charge in [-0.25, -0.2) is 0 Å². The van der Waals surface area contributed by atoms with Crippen molar-refractivity contribution >= 4 is 0 Å². The van der Waals surface area contributed by atoms with Gasteiger partial charge in [-0.05, 0) is 59.0 Å². The van der Waals surface area contributed by atoms with E-state index in [0.29, 0.717) is 19.0 Å². The molecular weight excluding hydrogens is 241 g/mol. The molecule has 0 amide bonds. The zero-order chi connectivity index (χ0) is 13.6. The van der Waals surface area contributed by atoms with Crippen molar-refractivity contribution in [2.45, 2.75) is 57.3 Å². The molecule has 1 N–H and O–H groups in total. The van der Waals surface area contributed by atoms with Crippen LogP contribution in [0.15, 0.2) is 0 Å². The lowest BCUT2D eigenvalue weighted by Crippen LogP contribution is -2.47. The summed E-state index contributed by atoms with van der Waals surface area (Å²) < 4.78 is 39.0. The predicted molar refractivity (Wildman–Crippen MR) is 65.5 cm³/mol. The minimum absolute atomic E-state index is 0.0364. The van der Waals surface area contributed by atoms with Crippen LogP contribution in [0.4, 0.5) is 13.2 Å². The summed E-state index contributed by atoms with van der Waals surface area (Å²) in [4.78, 5) is 1.67. The molecule has 1 aliphatic carbocycles. The molecular formula is C13H23F3N2. The van der Waals surface area contributed by atoms with Gasteiger partial charge in [0.2, 0.25) is 0 Å². The highest BCUT2D eigenvalue weighted by molar-refractivity contribution is 5.11. The van der Waals surface area contributed by atoms with Crippen LogP contribution in [0.5, 0.6) is 0 Å². The quantitative estimate of drug-likeness (QED) is 0.843. The van der Waals surface area contributed by atoms with Crippen LogP contribution in [0.25, 0.3) is 0 Å². The van der Waals surface area contributed by atoms with Crippen LogP contribution in [-0.4, -0.2) is 41.8 Å². The maximum Gasteiger partial charge on any atom is 0.406 e. The molecule has 106 valence electrons. The van der Waals surface area contributed by atoms with Gasteiger partial charge in [-0.3, -0.25) is 4.90 Å². The van der Waals surface area contributed by atoms with Crippen molar-refractivity contribution in [2.75, 3.05) is 19.6 Å². The fraction of sp³-hybridized carbons (Fsp3) is 1.00. The zero-order valence-electron chi connectivity index (χ0n) is 11.4. The Morgan fingerprint density at radius 1 is 1.22 bits per heavy atom. The molecule has 1 unspecified atom stereocenters. The molecule has 1 saturated carbocycles. The SMILES string of the molecule is CC(C)(C)NCC1CCN(C2(C(F)(F)F)CC2)C1. The Balaban J connectivity index is 1.86. The van der Waals surface area contributed by atoms with Crippen molar-refractivity contribution < 1.29 is 13.2 Å². The van der Waals surface area contributed by atoms with Crippen molar-refractivity contribution in [3.8, 4) is 0 Å². The lowest BCUT2D eigenvalue weighted by Gasteiger charge is -2.30. The molecule has 0 bridgehead atoms. The molecule has 1 aliphatic heterocycles. The topological polar surface area (TPSA) is 15.3 Å². The van der Waals surface area contributed by atoms with E-state index in [4.69, 9.17) is 0 Å². The van der Waals surface area contributed by atoms with Crippen molar-refractivity contribution in [1.82, 2.24) is 10.2 Å². The van der Waals surface area contributed by atoms with E-state index >= 15 is 0 Å². The smallest absolute Gasteiger partial charge is 0.312 e. The number of hydrogen-bond donors (Lipinski definition) is 1. The maximum atomic E-state index is 13.0. The third-order valence-electron chi connectivity index (χ3n) is 4.06. The summed E-state index contributed by atoms with van der Waals surface area (Å²) in [5.74, 6) is 0.351. The Morgan fingerprint density at radius 2 is 1.83 bits per heavy atom. The Bertz CT molecular complexity index is 302. The number of rotatable bonds is 3. The number of likely N-dealkylation sites (tertiary alicyclic amines) is 1. The van der Waals surface area contributed by atoms with Crippen molar-refractivity contribution in [3.05, 3.63) is 0 Å². The number of halogens is 3. The second-order valence-electron chi connectivity index (χ2n) is 6.76. The highest BCUT2D eigenvalue weighted by Crippen LogP contribution is 2.54.